The first-order valence-corrected chi connectivity index (χ1v) is 5.53. The molecule has 0 aliphatic heterocycles. The second kappa shape index (κ2) is 5.26. The van der Waals surface area contributed by atoms with Crippen LogP contribution in [-0.2, 0) is 12.1 Å². The molecule has 0 aliphatic rings. The highest BCUT2D eigenvalue weighted by Gasteiger charge is 2.39. The van der Waals surface area contributed by atoms with Gasteiger partial charge in [0.15, 0.2) is 0 Å². The van der Waals surface area contributed by atoms with E-state index in [-0.39, 0.29) is 12.1 Å². The molecule has 104 valence electrons. The molecule has 0 fully saturated rings. The third-order valence-corrected chi connectivity index (χ3v) is 2.33. The van der Waals surface area contributed by atoms with Gasteiger partial charge in [0.25, 0.3) is 0 Å². The number of hydrogen-bond donors (Lipinski definition) is 1. The molecule has 0 saturated carbocycles. The van der Waals surface area contributed by atoms with Crippen molar-refractivity contribution >= 4 is 0 Å². The molecule has 1 heterocycles. The van der Waals surface area contributed by atoms with Crippen LogP contribution in [0.2, 0.25) is 0 Å². The van der Waals surface area contributed by atoms with Crippen molar-refractivity contribution in [2.45, 2.75) is 45.2 Å². The second-order valence-electron chi connectivity index (χ2n) is 5.13. The van der Waals surface area contributed by atoms with Gasteiger partial charge in [-0.15, -0.1) is 0 Å². The van der Waals surface area contributed by atoms with E-state index in [0.29, 0.717) is 5.56 Å². The largest absolute Gasteiger partial charge is 0.319 e. The fraction of sp³-hybridized carbons (Fsp3) is 0.727. The van der Waals surface area contributed by atoms with Crippen LogP contribution in [0.25, 0.3) is 0 Å². The minimum absolute atomic E-state index is 0.0817. The predicted octanol–water partition coefficient (Wildman–Crippen LogP) is 2.63. The summed E-state index contributed by atoms with van der Waals surface area (Å²) in [5.41, 5.74) is 0.473. The molecular formula is C11H17F4N3. The van der Waals surface area contributed by atoms with E-state index < -0.39 is 18.9 Å². The van der Waals surface area contributed by atoms with Crippen molar-refractivity contribution in [3.8, 4) is 0 Å². The van der Waals surface area contributed by atoms with Crippen LogP contribution < -0.4 is 5.32 Å². The van der Waals surface area contributed by atoms with Gasteiger partial charge in [-0.2, -0.15) is 13.9 Å². The van der Waals surface area contributed by atoms with E-state index in [0.717, 1.165) is 0 Å². The lowest BCUT2D eigenvalue weighted by atomic mass is 10.1. The smallest absolute Gasteiger partial charge is 0.307 e. The van der Waals surface area contributed by atoms with Crippen molar-refractivity contribution in [2.75, 3.05) is 6.54 Å². The van der Waals surface area contributed by atoms with E-state index in [2.05, 4.69) is 10.4 Å². The Morgan fingerprint density at radius 2 is 1.94 bits per heavy atom. The van der Waals surface area contributed by atoms with Gasteiger partial charge in [-0.3, -0.25) is 4.68 Å². The van der Waals surface area contributed by atoms with Crippen LogP contribution in [0.3, 0.4) is 0 Å². The lowest BCUT2D eigenvalue weighted by molar-refractivity contribution is -0.125. The molecule has 0 spiro atoms. The first kappa shape index (κ1) is 14.9. The zero-order valence-corrected chi connectivity index (χ0v) is 10.6. The molecule has 7 heteroatoms. The summed E-state index contributed by atoms with van der Waals surface area (Å²) >= 11 is 0. The van der Waals surface area contributed by atoms with E-state index in [9.17, 15) is 17.6 Å². The average molecular weight is 267 g/mol. The molecule has 0 aliphatic carbocycles. The van der Waals surface area contributed by atoms with Crippen molar-refractivity contribution in [2.24, 2.45) is 0 Å². The number of nitrogens with zero attached hydrogens (tertiary/aromatic N) is 2. The number of alkyl halides is 4. The summed E-state index contributed by atoms with van der Waals surface area (Å²) < 4.78 is 50.7. The lowest BCUT2D eigenvalue weighted by Crippen LogP contribution is -2.38. The Hall–Kier alpha value is -1.11. The number of halogens is 4. The predicted molar refractivity (Wildman–Crippen MR) is 59.9 cm³/mol. The Morgan fingerprint density at radius 1 is 1.33 bits per heavy atom. The fourth-order valence-electron chi connectivity index (χ4n) is 1.27. The van der Waals surface area contributed by atoms with Gasteiger partial charge in [-0.1, -0.05) is 0 Å². The van der Waals surface area contributed by atoms with E-state index in [1.54, 1.807) is 10.9 Å². The summed E-state index contributed by atoms with van der Waals surface area (Å²) in [5.74, 6) is -4.00. The zero-order chi connectivity index (χ0) is 14.0. The van der Waals surface area contributed by atoms with Gasteiger partial charge in [0.2, 0.25) is 0 Å². The normalized spacial score (nSPS) is 13.3. The van der Waals surface area contributed by atoms with Gasteiger partial charge in [-0.25, -0.2) is 8.78 Å². The van der Waals surface area contributed by atoms with Crippen LogP contribution in [0.4, 0.5) is 17.6 Å². The topological polar surface area (TPSA) is 29.9 Å². The Labute approximate surface area is 103 Å². The quantitative estimate of drug-likeness (QED) is 0.831. The van der Waals surface area contributed by atoms with Crippen LogP contribution in [-0.4, -0.2) is 28.7 Å². The zero-order valence-electron chi connectivity index (χ0n) is 10.6. The highest BCUT2D eigenvalue weighted by Crippen LogP contribution is 2.21. The molecule has 0 atom stereocenters. The van der Waals surface area contributed by atoms with Crippen LogP contribution in [0.1, 0.15) is 26.3 Å². The van der Waals surface area contributed by atoms with Gasteiger partial charge >= 0.3 is 12.3 Å². The van der Waals surface area contributed by atoms with Crippen molar-refractivity contribution in [1.29, 1.82) is 0 Å². The van der Waals surface area contributed by atoms with Crippen LogP contribution in [0, 0.1) is 0 Å². The maximum atomic E-state index is 12.6. The van der Waals surface area contributed by atoms with Crippen LogP contribution in [0.5, 0.6) is 0 Å². The maximum absolute atomic E-state index is 12.6. The Balaban J connectivity index is 2.48. The first-order chi connectivity index (χ1) is 8.13. The molecule has 1 aromatic heterocycles. The molecule has 0 radical (unpaired) electrons. The number of rotatable bonds is 5. The highest BCUT2D eigenvalue weighted by atomic mass is 19.3. The third kappa shape index (κ3) is 3.97. The summed E-state index contributed by atoms with van der Waals surface area (Å²) in [6.07, 6.45) is -0.422. The van der Waals surface area contributed by atoms with E-state index in [4.69, 9.17) is 0 Å². The molecule has 0 amide bonds. The average Bonchev–Trinajstić information content (AvgIpc) is 2.65. The molecule has 3 nitrogen and oxygen atoms in total. The van der Waals surface area contributed by atoms with Crippen molar-refractivity contribution in [3.63, 3.8) is 0 Å². The monoisotopic (exact) mass is 267 g/mol. The minimum atomic E-state index is -4.00. The van der Waals surface area contributed by atoms with E-state index in [1.807, 2.05) is 20.8 Å². The SMILES string of the molecule is CC(C)(C)n1cc(CNCC(F)(F)C(F)F)cn1. The van der Waals surface area contributed by atoms with Crippen molar-refractivity contribution < 1.29 is 17.6 Å². The third-order valence-electron chi connectivity index (χ3n) is 2.33. The molecule has 0 bridgehead atoms. The van der Waals surface area contributed by atoms with E-state index >= 15 is 0 Å². The fourth-order valence-corrected chi connectivity index (χ4v) is 1.27. The number of aromatic nitrogens is 2. The van der Waals surface area contributed by atoms with Gasteiger partial charge in [0.05, 0.1) is 18.3 Å². The lowest BCUT2D eigenvalue weighted by Gasteiger charge is -2.18. The summed E-state index contributed by atoms with van der Waals surface area (Å²) in [5, 5.41) is 6.38. The first-order valence-electron chi connectivity index (χ1n) is 5.53. The van der Waals surface area contributed by atoms with Gasteiger partial charge in [0.1, 0.15) is 0 Å². The Bertz CT molecular complexity index is 382. The minimum Gasteiger partial charge on any atom is -0.307 e. The molecular weight excluding hydrogens is 250 g/mol. The van der Waals surface area contributed by atoms with Crippen molar-refractivity contribution in [1.82, 2.24) is 15.1 Å². The highest BCUT2D eigenvalue weighted by molar-refractivity contribution is 5.05. The molecule has 0 saturated heterocycles. The standard InChI is InChI=1S/C11H17F4N3/c1-10(2,3)18-6-8(5-17-18)4-16-7-11(14,15)9(12)13/h5-6,9,16H,4,7H2,1-3H3. The summed E-state index contributed by atoms with van der Waals surface area (Å²) in [7, 11) is 0. The Kier molecular flexibility index (Phi) is 4.37. The van der Waals surface area contributed by atoms with Gasteiger partial charge < -0.3 is 5.32 Å². The second-order valence-corrected chi connectivity index (χ2v) is 5.13. The van der Waals surface area contributed by atoms with Gasteiger partial charge in [0, 0.05) is 18.3 Å². The molecule has 18 heavy (non-hydrogen) atoms. The molecule has 0 unspecified atom stereocenters. The van der Waals surface area contributed by atoms with E-state index in [1.165, 1.54) is 6.20 Å². The summed E-state index contributed by atoms with van der Waals surface area (Å²) in [6, 6.07) is 0. The molecule has 1 rings (SSSR count). The molecule has 1 aromatic rings. The number of hydrogen-bond acceptors (Lipinski definition) is 2. The Morgan fingerprint density at radius 3 is 2.39 bits per heavy atom. The maximum Gasteiger partial charge on any atom is 0.319 e. The molecule has 0 aromatic carbocycles. The summed E-state index contributed by atoms with van der Waals surface area (Å²) in [4.78, 5) is 0. The number of nitrogens with one attached hydrogen (secondary N) is 1. The molecule has 1 N–H and O–H groups in total. The summed E-state index contributed by atoms with van der Waals surface area (Å²) in [6.45, 7) is 4.87. The van der Waals surface area contributed by atoms with Crippen molar-refractivity contribution in [3.05, 3.63) is 18.0 Å². The van der Waals surface area contributed by atoms with Gasteiger partial charge in [-0.05, 0) is 20.8 Å². The van der Waals surface area contributed by atoms with Crippen LogP contribution >= 0.6 is 0 Å². The van der Waals surface area contributed by atoms with Crippen LogP contribution in [0.15, 0.2) is 12.4 Å².